The molecule has 19 heavy (non-hydrogen) atoms. The Morgan fingerprint density at radius 1 is 1.26 bits per heavy atom. The van der Waals surface area contributed by atoms with Crippen LogP contribution >= 0.6 is 0 Å². The minimum absolute atomic E-state index is 0.454. The number of nitrogens with one attached hydrogen (secondary N) is 1. The lowest BCUT2D eigenvalue weighted by Crippen LogP contribution is -2.51. The fourth-order valence-corrected chi connectivity index (χ4v) is 2.75. The first kappa shape index (κ1) is 14.2. The summed E-state index contributed by atoms with van der Waals surface area (Å²) in [4.78, 5) is 6.94. The quantitative estimate of drug-likeness (QED) is 0.898. The molecule has 0 spiro atoms. The molecule has 1 aromatic heterocycles. The van der Waals surface area contributed by atoms with Gasteiger partial charge in [0, 0.05) is 18.6 Å². The van der Waals surface area contributed by atoms with Gasteiger partial charge in [0.15, 0.2) is 0 Å². The average molecular weight is 263 g/mol. The van der Waals surface area contributed by atoms with Crippen LogP contribution in [0.3, 0.4) is 0 Å². The Hall–Kier alpha value is -1.23. The van der Waals surface area contributed by atoms with Gasteiger partial charge in [-0.05, 0) is 46.6 Å². The van der Waals surface area contributed by atoms with E-state index in [1.54, 1.807) is 0 Å². The van der Waals surface area contributed by atoms with Crippen LogP contribution in [0.4, 0.5) is 5.95 Å². The summed E-state index contributed by atoms with van der Waals surface area (Å²) < 4.78 is 0. The summed E-state index contributed by atoms with van der Waals surface area (Å²) in [5.41, 5.74) is 1.89. The van der Waals surface area contributed by atoms with Crippen LogP contribution in [0.1, 0.15) is 44.5 Å². The summed E-state index contributed by atoms with van der Waals surface area (Å²) in [6.45, 7) is 10.4. The van der Waals surface area contributed by atoms with Gasteiger partial charge in [-0.2, -0.15) is 5.10 Å². The molecule has 2 unspecified atom stereocenters. The van der Waals surface area contributed by atoms with Crippen LogP contribution in [0, 0.1) is 13.8 Å². The smallest absolute Gasteiger partial charge is 0.245 e. The zero-order valence-corrected chi connectivity index (χ0v) is 12.5. The zero-order valence-electron chi connectivity index (χ0n) is 12.5. The van der Waals surface area contributed by atoms with Gasteiger partial charge in [-0.3, -0.25) is 0 Å². The number of hydrogen-bond acceptors (Lipinski definition) is 5. The molecule has 0 amide bonds. The molecule has 2 heterocycles. The van der Waals surface area contributed by atoms with Gasteiger partial charge >= 0.3 is 0 Å². The highest BCUT2D eigenvalue weighted by Crippen LogP contribution is 2.23. The minimum atomic E-state index is 0.454. The summed E-state index contributed by atoms with van der Waals surface area (Å²) >= 11 is 0. The topological polar surface area (TPSA) is 53.9 Å². The van der Waals surface area contributed by atoms with Crippen LogP contribution < -0.4 is 10.2 Å². The fourth-order valence-electron chi connectivity index (χ4n) is 2.75. The van der Waals surface area contributed by atoms with Gasteiger partial charge in [0.05, 0.1) is 11.4 Å². The SMILES string of the molecule is CCNC(C)C1CCCCN1c1nnc(C)c(C)n1. The predicted octanol–water partition coefficient (Wildman–Crippen LogP) is 1.85. The largest absolute Gasteiger partial charge is 0.335 e. The van der Waals surface area contributed by atoms with Crippen LogP contribution in [0.5, 0.6) is 0 Å². The lowest BCUT2D eigenvalue weighted by molar-refractivity contribution is 0.367. The van der Waals surface area contributed by atoms with Crippen LogP contribution in [-0.4, -0.2) is 40.4 Å². The molecular formula is C14H25N5. The molecule has 1 aliphatic heterocycles. The maximum Gasteiger partial charge on any atom is 0.245 e. The van der Waals surface area contributed by atoms with E-state index in [0.717, 1.165) is 30.4 Å². The molecule has 2 rings (SSSR count). The number of aromatic nitrogens is 3. The molecule has 0 aromatic carbocycles. The second kappa shape index (κ2) is 6.28. The van der Waals surface area contributed by atoms with Crippen molar-refractivity contribution in [3.8, 4) is 0 Å². The van der Waals surface area contributed by atoms with E-state index < -0.39 is 0 Å². The first-order chi connectivity index (χ1) is 9.13. The third kappa shape index (κ3) is 3.21. The Balaban J connectivity index is 2.20. The Labute approximate surface area is 115 Å². The lowest BCUT2D eigenvalue weighted by Gasteiger charge is -2.39. The van der Waals surface area contributed by atoms with Gasteiger partial charge in [0.25, 0.3) is 0 Å². The Kier molecular flexibility index (Phi) is 4.69. The number of likely N-dealkylation sites (N-methyl/N-ethyl adjacent to an activating group) is 1. The van der Waals surface area contributed by atoms with Crippen LogP contribution in [0.25, 0.3) is 0 Å². The molecule has 0 radical (unpaired) electrons. The Bertz CT molecular complexity index is 420. The summed E-state index contributed by atoms with van der Waals surface area (Å²) in [5.74, 6) is 0.789. The molecule has 1 N–H and O–H groups in total. The van der Waals surface area contributed by atoms with Gasteiger partial charge in [0.1, 0.15) is 0 Å². The number of aryl methyl sites for hydroxylation is 2. The fraction of sp³-hybridized carbons (Fsp3) is 0.786. The van der Waals surface area contributed by atoms with Crippen molar-refractivity contribution in [2.24, 2.45) is 0 Å². The van der Waals surface area contributed by atoms with Crippen molar-refractivity contribution in [2.45, 2.75) is 59.0 Å². The van der Waals surface area contributed by atoms with E-state index in [-0.39, 0.29) is 0 Å². The van der Waals surface area contributed by atoms with Crippen molar-refractivity contribution in [2.75, 3.05) is 18.0 Å². The minimum Gasteiger partial charge on any atom is -0.335 e. The second-order valence-corrected chi connectivity index (χ2v) is 5.39. The second-order valence-electron chi connectivity index (χ2n) is 5.39. The number of hydrogen-bond donors (Lipinski definition) is 1. The van der Waals surface area contributed by atoms with Crippen LogP contribution in [0.15, 0.2) is 0 Å². The van der Waals surface area contributed by atoms with Crippen molar-refractivity contribution < 1.29 is 0 Å². The van der Waals surface area contributed by atoms with E-state index in [1.165, 1.54) is 19.3 Å². The first-order valence-corrected chi connectivity index (χ1v) is 7.31. The summed E-state index contributed by atoms with van der Waals surface area (Å²) in [6.07, 6.45) is 3.70. The molecule has 2 atom stereocenters. The highest BCUT2D eigenvalue weighted by atomic mass is 15.3. The molecule has 1 aliphatic rings. The maximum atomic E-state index is 4.61. The molecule has 1 aromatic rings. The van der Waals surface area contributed by atoms with Gasteiger partial charge in [-0.1, -0.05) is 6.92 Å². The third-order valence-corrected chi connectivity index (χ3v) is 3.99. The summed E-state index contributed by atoms with van der Waals surface area (Å²) in [6, 6.07) is 0.924. The van der Waals surface area contributed by atoms with Crippen molar-refractivity contribution >= 4 is 5.95 Å². The van der Waals surface area contributed by atoms with Gasteiger partial charge in [-0.15, -0.1) is 5.10 Å². The number of piperidine rings is 1. The molecule has 0 saturated carbocycles. The van der Waals surface area contributed by atoms with E-state index in [4.69, 9.17) is 0 Å². The van der Waals surface area contributed by atoms with E-state index in [0.29, 0.717) is 12.1 Å². The van der Waals surface area contributed by atoms with Crippen molar-refractivity contribution in [1.82, 2.24) is 20.5 Å². The lowest BCUT2D eigenvalue weighted by atomic mass is 9.97. The molecule has 5 nitrogen and oxygen atoms in total. The van der Waals surface area contributed by atoms with E-state index >= 15 is 0 Å². The van der Waals surface area contributed by atoms with Crippen LogP contribution in [-0.2, 0) is 0 Å². The molecule has 1 fully saturated rings. The van der Waals surface area contributed by atoms with E-state index in [9.17, 15) is 0 Å². The molecule has 5 heteroatoms. The van der Waals surface area contributed by atoms with Crippen molar-refractivity contribution in [3.05, 3.63) is 11.4 Å². The highest BCUT2D eigenvalue weighted by Gasteiger charge is 2.29. The van der Waals surface area contributed by atoms with Gasteiger partial charge in [-0.25, -0.2) is 4.98 Å². The zero-order chi connectivity index (χ0) is 13.8. The first-order valence-electron chi connectivity index (χ1n) is 7.31. The monoisotopic (exact) mass is 263 g/mol. The summed E-state index contributed by atoms with van der Waals surface area (Å²) in [5, 5.41) is 12.0. The molecular weight excluding hydrogens is 238 g/mol. The maximum absolute atomic E-state index is 4.61. The Morgan fingerprint density at radius 2 is 2.05 bits per heavy atom. The molecule has 106 valence electrons. The van der Waals surface area contributed by atoms with E-state index in [2.05, 4.69) is 39.2 Å². The molecule has 1 saturated heterocycles. The normalized spacial score (nSPS) is 21.5. The standard InChI is InChI=1S/C14H25N5/c1-5-15-12(4)13-8-6-7-9-19(13)14-16-10(2)11(3)17-18-14/h12-13,15H,5-9H2,1-4H3. The van der Waals surface area contributed by atoms with Gasteiger partial charge in [0.2, 0.25) is 5.95 Å². The number of anilines is 1. The van der Waals surface area contributed by atoms with E-state index in [1.807, 2.05) is 13.8 Å². The summed E-state index contributed by atoms with van der Waals surface area (Å²) in [7, 11) is 0. The third-order valence-electron chi connectivity index (χ3n) is 3.99. The molecule has 0 bridgehead atoms. The number of nitrogens with zero attached hydrogens (tertiary/aromatic N) is 4. The highest BCUT2D eigenvalue weighted by molar-refractivity contribution is 5.33. The van der Waals surface area contributed by atoms with Gasteiger partial charge < -0.3 is 10.2 Å². The van der Waals surface area contributed by atoms with Crippen molar-refractivity contribution in [3.63, 3.8) is 0 Å². The average Bonchev–Trinajstić information content (AvgIpc) is 2.42. The Morgan fingerprint density at radius 3 is 2.74 bits per heavy atom. The number of rotatable bonds is 4. The van der Waals surface area contributed by atoms with Crippen molar-refractivity contribution in [1.29, 1.82) is 0 Å². The van der Waals surface area contributed by atoms with Crippen LogP contribution in [0.2, 0.25) is 0 Å². The predicted molar refractivity (Wildman–Crippen MR) is 77.4 cm³/mol. The molecule has 0 aliphatic carbocycles.